The summed E-state index contributed by atoms with van der Waals surface area (Å²) in [4.78, 5) is 10.5. The highest BCUT2D eigenvalue weighted by molar-refractivity contribution is 5.92. The fraction of sp³-hybridized carbons (Fsp3) is 0.375. The van der Waals surface area contributed by atoms with Crippen molar-refractivity contribution in [3.63, 3.8) is 0 Å². The molecule has 0 atom stereocenters. The lowest BCUT2D eigenvalue weighted by atomic mass is 10.1. The number of rotatable bonds is 3. The van der Waals surface area contributed by atoms with Gasteiger partial charge in [-0.3, -0.25) is 4.79 Å². The van der Waals surface area contributed by atoms with Crippen LogP contribution in [-0.2, 0) is 4.79 Å². The largest absolute Gasteiger partial charge is 0.295 e. The van der Waals surface area contributed by atoms with Crippen molar-refractivity contribution >= 4 is 5.78 Å². The molecule has 0 saturated heterocycles. The molecule has 0 aliphatic rings. The van der Waals surface area contributed by atoms with E-state index < -0.39 is 0 Å². The maximum Gasteiger partial charge on any atom is 0.155 e. The van der Waals surface area contributed by atoms with Gasteiger partial charge in [-0.15, -0.1) is 0 Å². The van der Waals surface area contributed by atoms with Gasteiger partial charge in [0, 0.05) is 0 Å². The Morgan fingerprint density at radius 3 is 2.56 bits per heavy atom. The van der Waals surface area contributed by atoms with Crippen LogP contribution in [0.15, 0.2) is 24.3 Å². The molecule has 0 unspecified atom stereocenters. The molecule has 0 heterocycles. The molecule has 0 rings (SSSR count). The van der Waals surface area contributed by atoms with Crippen LogP contribution in [0.4, 0.5) is 0 Å². The van der Waals surface area contributed by atoms with E-state index in [0.29, 0.717) is 12.0 Å². The maximum absolute atomic E-state index is 10.5. The Hall–Kier alpha value is -0.850. The number of ketones is 1. The molecule has 1 heteroatoms. The monoisotopic (exact) mass is 124 g/mol. The Morgan fingerprint density at radius 1 is 1.67 bits per heavy atom. The Balaban J connectivity index is 3.65. The van der Waals surface area contributed by atoms with Gasteiger partial charge < -0.3 is 0 Å². The molecule has 0 N–H and O–H groups in total. The Labute approximate surface area is 56.1 Å². The topological polar surface area (TPSA) is 17.1 Å². The Kier molecular flexibility index (Phi) is 3.69. The summed E-state index contributed by atoms with van der Waals surface area (Å²) in [5.74, 6) is 0.0769. The number of hydrogen-bond donors (Lipinski definition) is 0. The first-order valence-corrected chi connectivity index (χ1v) is 2.98. The highest BCUT2D eigenvalue weighted by Gasteiger charge is 1.94. The van der Waals surface area contributed by atoms with E-state index in [4.69, 9.17) is 0 Å². The normalized spacial score (nSPS) is 10.0. The number of hydrogen-bond acceptors (Lipinski definition) is 1. The van der Waals surface area contributed by atoms with Crippen LogP contribution in [-0.4, -0.2) is 5.78 Å². The molecule has 0 bridgehead atoms. The molecule has 0 amide bonds. The summed E-state index contributed by atoms with van der Waals surface area (Å²) in [6, 6.07) is 0. The molecule has 0 aromatic rings. The zero-order valence-corrected chi connectivity index (χ0v) is 5.98. The van der Waals surface area contributed by atoms with Crippen molar-refractivity contribution in [3.05, 3.63) is 24.3 Å². The predicted molar refractivity (Wildman–Crippen MR) is 39.3 cm³/mol. The standard InChI is InChI=1S/C8H12O/c1-4-5-6-7(2)8(3)9/h4-5H,2,6H2,1,3H3/b5-4+. The number of carbonyl (C=O) groups is 1. The van der Waals surface area contributed by atoms with Crippen molar-refractivity contribution in [3.8, 4) is 0 Å². The van der Waals surface area contributed by atoms with Crippen LogP contribution in [0.2, 0.25) is 0 Å². The molecule has 50 valence electrons. The SMILES string of the molecule is C=C(C/C=C/C)C(C)=O. The molecular weight excluding hydrogens is 112 g/mol. The lowest BCUT2D eigenvalue weighted by Crippen LogP contribution is -1.91. The van der Waals surface area contributed by atoms with Crippen molar-refractivity contribution in [1.82, 2.24) is 0 Å². The molecule has 0 aliphatic heterocycles. The third-order valence-corrected chi connectivity index (χ3v) is 1.10. The van der Waals surface area contributed by atoms with Gasteiger partial charge in [0.15, 0.2) is 5.78 Å². The highest BCUT2D eigenvalue weighted by atomic mass is 16.1. The second kappa shape index (κ2) is 4.07. The third kappa shape index (κ3) is 3.71. The molecule has 0 aliphatic carbocycles. The van der Waals surface area contributed by atoms with E-state index in [0.717, 1.165) is 0 Å². The van der Waals surface area contributed by atoms with E-state index in [9.17, 15) is 4.79 Å². The summed E-state index contributed by atoms with van der Waals surface area (Å²) < 4.78 is 0. The van der Waals surface area contributed by atoms with Crippen molar-refractivity contribution in [2.45, 2.75) is 20.3 Å². The summed E-state index contributed by atoms with van der Waals surface area (Å²) in [5, 5.41) is 0. The Bertz CT molecular complexity index is 143. The lowest BCUT2D eigenvalue weighted by molar-refractivity contribution is -0.113. The van der Waals surface area contributed by atoms with Crippen LogP contribution in [0.3, 0.4) is 0 Å². The molecule has 0 fully saturated rings. The van der Waals surface area contributed by atoms with E-state index in [1.165, 1.54) is 6.92 Å². The smallest absolute Gasteiger partial charge is 0.155 e. The van der Waals surface area contributed by atoms with Crippen molar-refractivity contribution in [1.29, 1.82) is 0 Å². The first-order chi connectivity index (χ1) is 4.18. The quantitative estimate of drug-likeness (QED) is 0.416. The van der Waals surface area contributed by atoms with Crippen molar-refractivity contribution in [2.24, 2.45) is 0 Å². The Morgan fingerprint density at radius 2 is 2.22 bits per heavy atom. The lowest BCUT2D eigenvalue weighted by Gasteiger charge is -1.91. The molecule has 0 aromatic carbocycles. The van der Waals surface area contributed by atoms with Gasteiger partial charge in [0.2, 0.25) is 0 Å². The minimum absolute atomic E-state index is 0.0769. The van der Waals surface area contributed by atoms with Crippen LogP contribution >= 0.6 is 0 Å². The molecule has 0 radical (unpaired) electrons. The van der Waals surface area contributed by atoms with Crippen LogP contribution in [0.25, 0.3) is 0 Å². The van der Waals surface area contributed by atoms with E-state index in [2.05, 4.69) is 6.58 Å². The molecule has 0 aromatic heterocycles. The van der Waals surface area contributed by atoms with Crippen LogP contribution in [0, 0.1) is 0 Å². The maximum atomic E-state index is 10.5. The predicted octanol–water partition coefficient (Wildman–Crippen LogP) is 2.10. The number of Topliss-reactive ketones (excluding diaryl/α,β-unsaturated/α-hetero) is 1. The summed E-state index contributed by atoms with van der Waals surface area (Å²) in [5.41, 5.74) is 0.674. The van der Waals surface area contributed by atoms with Gasteiger partial charge >= 0.3 is 0 Å². The van der Waals surface area contributed by atoms with Gasteiger partial charge in [0.25, 0.3) is 0 Å². The second-order valence-corrected chi connectivity index (χ2v) is 1.93. The van der Waals surface area contributed by atoms with Gasteiger partial charge in [-0.2, -0.15) is 0 Å². The zero-order valence-electron chi connectivity index (χ0n) is 5.98. The minimum Gasteiger partial charge on any atom is -0.295 e. The van der Waals surface area contributed by atoms with Gasteiger partial charge in [-0.05, 0) is 25.8 Å². The van der Waals surface area contributed by atoms with E-state index in [1.807, 2.05) is 19.1 Å². The van der Waals surface area contributed by atoms with Gasteiger partial charge in [-0.1, -0.05) is 18.7 Å². The summed E-state index contributed by atoms with van der Waals surface area (Å²) in [6.07, 6.45) is 4.52. The fourth-order valence-corrected chi connectivity index (χ4v) is 0.404. The second-order valence-electron chi connectivity index (χ2n) is 1.93. The van der Waals surface area contributed by atoms with Gasteiger partial charge in [-0.25, -0.2) is 0 Å². The summed E-state index contributed by atoms with van der Waals surface area (Å²) in [7, 11) is 0. The van der Waals surface area contributed by atoms with E-state index >= 15 is 0 Å². The average molecular weight is 124 g/mol. The minimum atomic E-state index is 0.0769. The third-order valence-electron chi connectivity index (χ3n) is 1.10. The number of carbonyl (C=O) groups excluding carboxylic acids is 1. The molecule has 0 saturated carbocycles. The van der Waals surface area contributed by atoms with E-state index in [1.54, 1.807) is 0 Å². The molecular formula is C8H12O. The first kappa shape index (κ1) is 8.15. The molecule has 0 spiro atoms. The van der Waals surface area contributed by atoms with Crippen LogP contribution in [0.5, 0.6) is 0 Å². The van der Waals surface area contributed by atoms with Gasteiger partial charge in [0.05, 0.1) is 0 Å². The summed E-state index contributed by atoms with van der Waals surface area (Å²) >= 11 is 0. The van der Waals surface area contributed by atoms with Crippen LogP contribution in [0.1, 0.15) is 20.3 Å². The first-order valence-electron chi connectivity index (χ1n) is 2.98. The fourth-order valence-electron chi connectivity index (χ4n) is 0.404. The number of allylic oxidation sites excluding steroid dienone is 3. The summed E-state index contributed by atoms with van der Waals surface area (Å²) in [6.45, 7) is 7.05. The van der Waals surface area contributed by atoms with Crippen molar-refractivity contribution < 1.29 is 4.79 Å². The van der Waals surface area contributed by atoms with E-state index in [-0.39, 0.29) is 5.78 Å². The van der Waals surface area contributed by atoms with Gasteiger partial charge in [0.1, 0.15) is 0 Å². The molecule has 9 heavy (non-hydrogen) atoms. The zero-order chi connectivity index (χ0) is 7.28. The average Bonchev–Trinajstić information content (AvgIpc) is 1.82. The highest BCUT2D eigenvalue weighted by Crippen LogP contribution is 1.99. The van der Waals surface area contributed by atoms with Crippen molar-refractivity contribution in [2.75, 3.05) is 0 Å². The molecule has 1 nitrogen and oxygen atoms in total. The van der Waals surface area contributed by atoms with Crippen LogP contribution < -0.4 is 0 Å².